The Kier molecular flexibility index (Phi) is 5.85. The van der Waals surface area contributed by atoms with Crippen molar-refractivity contribution in [2.45, 2.75) is 32.9 Å². The number of carbonyl (C=O) groups is 1. The smallest absolute Gasteiger partial charge is 0.261 e. The first-order chi connectivity index (χ1) is 12.8. The first-order valence-corrected chi connectivity index (χ1v) is 10.9. The van der Waals surface area contributed by atoms with Gasteiger partial charge in [-0.25, -0.2) is 8.42 Å². The van der Waals surface area contributed by atoms with Crippen LogP contribution in [0.15, 0.2) is 48.5 Å². The van der Waals surface area contributed by atoms with Gasteiger partial charge in [0.15, 0.2) is 16.4 Å². The van der Waals surface area contributed by atoms with E-state index in [1.54, 1.807) is 4.90 Å². The van der Waals surface area contributed by atoms with Crippen molar-refractivity contribution < 1.29 is 17.9 Å². The minimum Gasteiger partial charge on any atom is -0.484 e. The Bertz CT molecular complexity index is 906. The van der Waals surface area contributed by atoms with Crippen LogP contribution in [0.25, 0.3) is 0 Å². The topological polar surface area (TPSA) is 63.7 Å². The van der Waals surface area contributed by atoms with Gasteiger partial charge in [-0.3, -0.25) is 4.79 Å². The summed E-state index contributed by atoms with van der Waals surface area (Å²) in [5, 5.41) is 0. The fourth-order valence-electron chi connectivity index (χ4n) is 3.27. The molecule has 27 heavy (non-hydrogen) atoms. The molecule has 1 amide bonds. The lowest BCUT2D eigenvalue weighted by Crippen LogP contribution is -2.43. The molecule has 6 heteroatoms. The molecule has 1 saturated heterocycles. The molecule has 0 unspecified atom stereocenters. The van der Waals surface area contributed by atoms with Crippen LogP contribution in [0.4, 0.5) is 0 Å². The summed E-state index contributed by atoms with van der Waals surface area (Å²) < 4.78 is 29.5. The van der Waals surface area contributed by atoms with E-state index in [0.29, 0.717) is 18.7 Å². The molecule has 0 spiro atoms. The highest BCUT2D eigenvalue weighted by molar-refractivity contribution is 7.91. The molecule has 0 saturated carbocycles. The second-order valence-corrected chi connectivity index (χ2v) is 9.35. The van der Waals surface area contributed by atoms with Crippen LogP contribution in [0, 0.1) is 13.8 Å². The van der Waals surface area contributed by atoms with Crippen molar-refractivity contribution in [3.05, 3.63) is 65.2 Å². The van der Waals surface area contributed by atoms with Crippen molar-refractivity contribution in [1.82, 2.24) is 4.90 Å². The number of sulfone groups is 1. The van der Waals surface area contributed by atoms with Crippen LogP contribution in [-0.2, 0) is 21.2 Å². The van der Waals surface area contributed by atoms with Gasteiger partial charge in [0, 0.05) is 12.6 Å². The van der Waals surface area contributed by atoms with Crippen LogP contribution >= 0.6 is 0 Å². The van der Waals surface area contributed by atoms with Crippen LogP contribution < -0.4 is 4.74 Å². The summed E-state index contributed by atoms with van der Waals surface area (Å²) in [7, 11) is -3.08. The maximum absolute atomic E-state index is 12.9. The van der Waals surface area contributed by atoms with E-state index in [1.165, 1.54) is 0 Å². The van der Waals surface area contributed by atoms with Crippen molar-refractivity contribution in [2.75, 3.05) is 18.1 Å². The van der Waals surface area contributed by atoms with E-state index in [2.05, 4.69) is 0 Å². The third-order valence-corrected chi connectivity index (χ3v) is 6.64. The third-order valence-electron chi connectivity index (χ3n) is 4.89. The zero-order valence-electron chi connectivity index (χ0n) is 15.7. The maximum Gasteiger partial charge on any atom is 0.261 e. The van der Waals surface area contributed by atoms with Gasteiger partial charge in [0.25, 0.3) is 5.91 Å². The number of para-hydroxylation sites is 1. The number of rotatable bonds is 6. The van der Waals surface area contributed by atoms with Crippen LogP contribution in [0.5, 0.6) is 5.75 Å². The summed E-state index contributed by atoms with van der Waals surface area (Å²) in [4.78, 5) is 14.6. The molecule has 1 aliphatic rings. The average molecular weight is 388 g/mol. The summed E-state index contributed by atoms with van der Waals surface area (Å²) in [6.45, 7) is 4.21. The minimum absolute atomic E-state index is 0.0228. The molecule has 1 heterocycles. The fraction of sp³-hybridized carbons (Fsp3) is 0.381. The van der Waals surface area contributed by atoms with E-state index in [-0.39, 0.29) is 30.1 Å². The zero-order chi connectivity index (χ0) is 19.4. The number of hydrogen-bond acceptors (Lipinski definition) is 4. The monoisotopic (exact) mass is 387 g/mol. The molecule has 2 aromatic rings. The molecule has 0 aromatic heterocycles. The molecule has 0 aliphatic carbocycles. The predicted molar refractivity (Wildman–Crippen MR) is 105 cm³/mol. The van der Waals surface area contributed by atoms with Crippen molar-refractivity contribution in [1.29, 1.82) is 0 Å². The molecule has 0 bridgehead atoms. The Morgan fingerprint density at radius 2 is 1.81 bits per heavy atom. The molecule has 144 valence electrons. The standard InChI is InChI=1S/C21H25NO4S/c1-16-7-9-18(10-8-16)13-22(19-11-12-27(24,25)15-19)21(23)14-26-20-6-4-3-5-17(20)2/h3-10,19H,11-15H2,1-2H3/t19-/m1/s1. The van der Waals surface area contributed by atoms with E-state index >= 15 is 0 Å². The number of nitrogens with zero attached hydrogens (tertiary/aromatic N) is 1. The summed E-state index contributed by atoms with van der Waals surface area (Å²) >= 11 is 0. The van der Waals surface area contributed by atoms with Crippen molar-refractivity contribution >= 4 is 15.7 Å². The molecule has 0 N–H and O–H groups in total. The normalized spacial score (nSPS) is 18.2. The first-order valence-electron chi connectivity index (χ1n) is 9.08. The van der Waals surface area contributed by atoms with E-state index in [4.69, 9.17) is 4.74 Å². The van der Waals surface area contributed by atoms with Crippen molar-refractivity contribution in [3.8, 4) is 5.75 Å². The van der Waals surface area contributed by atoms with Crippen molar-refractivity contribution in [3.63, 3.8) is 0 Å². The van der Waals surface area contributed by atoms with E-state index < -0.39 is 9.84 Å². The molecule has 5 nitrogen and oxygen atoms in total. The van der Waals surface area contributed by atoms with Gasteiger partial charge in [0.2, 0.25) is 0 Å². The van der Waals surface area contributed by atoms with Crippen LogP contribution in [0.3, 0.4) is 0 Å². The molecule has 3 rings (SSSR count). The number of carbonyl (C=O) groups excluding carboxylic acids is 1. The lowest BCUT2D eigenvalue weighted by Gasteiger charge is -2.28. The van der Waals surface area contributed by atoms with Gasteiger partial charge in [0.1, 0.15) is 5.75 Å². The Morgan fingerprint density at radius 3 is 2.44 bits per heavy atom. The van der Waals surface area contributed by atoms with Crippen LogP contribution in [-0.4, -0.2) is 43.4 Å². The molecular weight excluding hydrogens is 362 g/mol. The number of hydrogen-bond donors (Lipinski definition) is 0. The average Bonchev–Trinajstić information content (AvgIpc) is 3.00. The Hall–Kier alpha value is -2.34. The highest BCUT2D eigenvalue weighted by Crippen LogP contribution is 2.22. The van der Waals surface area contributed by atoms with E-state index in [1.807, 2.05) is 62.4 Å². The van der Waals surface area contributed by atoms with Gasteiger partial charge in [-0.05, 0) is 37.5 Å². The Morgan fingerprint density at radius 1 is 1.11 bits per heavy atom. The molecular formula is C21H25NO4S. The van der Waals surface area contributed by atoms with Gasteiger partial charge < -0.3 is 9.64 Å². The quantitative estimate of drug-likeness (QED) is 0.765. The third kappa shape index (κ3) is 5.10. The van der Waals surface area contributed by atoms with E-state index in [9.17, 15) is 13.2 Å². The number of amides is 1. The number of aryl methyl sites for hydroxylation is 2. The molecule has 1 atom stereocenters. The molecule has 2 aromatic carbocycles. The second kappa shape index (κ2) is 8.13. The van der Waals surface area contributed by atoms with Gasteiger partial charge in [0.05, 0.1) is 11.5 Å². The lowest BCUT2D eigenvalue weighted by molar-refractivity contribution is -0.136. The Balaban J connectivity index is 1.75. The van der Waals surface area contributed by atoms with Gasteiger partial charge >= 0.3 is 0 Å². The Labute approximate surface area is 160 Å². The highest BCUT2D eigenvalue weighted by Gasteiger charge is 2.34. The predicted octanol–water partition coefficient (Wildman–Crippen LogP) is 2.90. The summed E-state index contributed by atoms with van der Waals surface area (Å²) in [5.74, 6) is 0.629. The van der Waals surface area contributed by atoms with Gasteiger partial charge in [-0.2, -0.15) is 0 Å². The van der Waals surface area contributed by atoms with Crippen LogP contribution in [0.2, 0.25) is 0 Å². The molecule has 1 aliphatic heterocycles. The van der Waals surface area contributed by atoms with Gasteiger partial charge in [-0.1, -0.05) is 48.0 Å². The second-order valence-electron chi connectivity index (χ2n) is 7.12. The minimum atomic E-state index is -3.08. The maximum atomic E-state index is 12.9. The van der Waals surface area contributed by atoms with Crippen LogP contribution in [0.1, 0.15) is 23.1 Å². The summed E-state index contributed by atoms with van der Waals surface area (Å²) in [6.07, 6.45) is 0.476. The summed E-state index contributed by atoms with van der Waals surface area (Å²) in [5.41, 5.74) is 3.08. The van der Waals surface area contributed by atoms with Gasteiger partial charge in [-0.15, -0.1) is 0 Å². The lowest BCUT2D eigenvalue weighted by atomic mass is 10.1. The zero-order valence-corrected chi connectivity index (χ0v) is 16.5. The summed E-state index contributed by atoms with van der Waals surface area (Å²) in [6, 6.07) is 15.2. The number of benzene rings is 2. The largest absolute Gasteiger partial charge is 0.484 e. The van der Waals surface area contributed by atoms with Crippen molar-refractivity contribution in [2.24, 2.45) is 0 Å². The fourth-order valence-corrected chi connectivity index (χ4v) is 5.00. The molecule has 0 radical (unpaired) electrons. The SMILES string of the molecule is Cc1ccc(CN(C(=O)COc2ccccc2C)[C@@H]2CCS(=O)(=O)C2)cc1. The number of ether oxygens (including phenoxy) is 1. The molecule has 1 fully saturated rings. The first kappa shape index (κ1) is 19.4. The highest BCUT2D eigenvalue weighted by atomic mass is 32.2. The van der Waals surface area contributed by atoms with E-state index in [0.717, 1.165) is 16.7 Å².